The number of amides is 2. The van der Waals surface area contributed by atoms with E-state index >= 15 is 0 Å². The number of rotatable bonds is 11. The molecule has 0 aliphatic rings. The summed E-state index contributed by atoms with van der Waals surface area (Å²) >= 11 is 1.32. The summed E-state index contributed by atoms with van der Waals surface area (Å²) in [5.41, 5.74) is 1.71. The molecule has 0 fully saturated rings. The predicted molar refractivity (Wildman–Crippen MR) is 143 cm³/mol. The van der Waals surface area contributed by atoms with Gasteiger partial charge in [0.2, 0.25) is 5.91 Å². The zero-order valence-electron chi connectivity index (χ0n) is 20.4. The Morgan fingerprint density at radius 2 is 1.62 bits per heavy atom. The molecule has 0 heterocycles. The highest BCUT2D eigenvalue weighted by Gasteiger charge is 2.16. The maximum Gasteiger partial charge on any atom is 0.338 e. The molecule has 1 unspecified atom stereocenters. The predicted octanol–water partition coefficient (Wildman–Crippen LogP) is 5.92. The van der Waals surface area contributed by atoms with Gasteiger partial charge in [-0.1, -0.05) is 19.4 Å². The van der Waals surface area contributed by atoms with Crippen LogP contribution in [0.4, 0.5) is 17.1 Å². The van der Waals surface area contributed by atoms with E-state index in [1.807, 2.05) is 13.0 Å². The van der Waals surface area contributed by atoms with Crippen LogP contribution in [-0.4, -0.2) is 34.6 Å². The lowest BCUT2D eigenvalue weighted by Crippen LogP contribution is -2.22. The Bertz CT molecular complexity index is 1260. The first-order chi connectivity index (χ1) is 17.8. The minimum absolute atomic E-state index is 0.0944. The zero-order valence-corrected chi connectivity index (χ0v) is 21.2. The van der Waals surface area contributed by atoms with Crippen molar-refractivity contribution in [2.75, 3.05) is 17.2 Å². The fourth-order valence-electron chi connectivity index (χ4n) is 3.17. The Morgan fingerprint density at radius 3 is 2.27 bits per heavy atom. The number of nitrogens with one attached hydrogen (secondary N) is 2. The van der Waals surface area contributed by atoms with Crippen molar-refractivity contribution < 1.29 is 24.0 Å². The van der Waals surface area contributed by atoms with Crippen LogP contribution in [0.15, 0.2) is 77.7 Å². The first kappa shape index (κ1) is 27.4. The smallest absolute Gasteiger partial charge is 0.338 e. The van der Waals surface area contributed by atoms with Crippen molar-refractivity contribution in [1.29, 1.82) is 0 Å². The largest absolute Gasteiger partial charge is 0.462 e. The quantitative estimate of drug-likeness (QED) is 0.105. The van der Waals surface area contributed by atoms with Gasteiger partial charge in [-0.15, -0.1) is 11.8 Å². The van der Waals surface area contributed by atoms with E-state index in [2.05, 4.69) is 10.6 Å². The summed E-state index contributed by atoms with van der Waals surface area (Å²) < 4.78 is 5.19. The van der Waals surface area contributed by atoms with Crippen LogP contribution in [0.25, 0.3) is 0 Å². The Balaban J connectivity index is 1.54. The van der Waals surface area contributed by atoms with Gasteiger partial charge in [0, 0.05) is 34.0 Å². The van der Waals surface area contributed by atoms with Crippen LogP contribution >= 0.6 is 11.8 Å². The van der Waals surface area contributed by atoms with E-state index in [0.717, 1.165) is 17.7 Å². The third-order valence-electron chi connectivity index (χ3n) is 5.23. The van der Waals surface area contributed by atoms with Crippen molar-refractivity contribution in [1.82, 2.24) is 0 Å². The molecule has 3 aromatic rings. The average Bonchev–Trinajstić information content (AvgIpc) is 2.89. The van der Waals surface area contributed by atoms with Gasteiger partial charge in [-0.3, -0.25) is 19.7 Å². The van der Waals surface area contributed by atoms with Crippen molar-refractivity contribution >= 4 is 46.6 Å². The van der Waals surface area contributed by atoms with E-state index in [1.165, 1.54) is 36.0 Å². The highest BCUT2D eigenvalue weighted by molar-refractivity contribution is 8.00. The van der Waals surface area contributed by atoms with Gasteiger partial charge >= 0.3 is 5.97 Å². The molecule has 3 aromatic carbocycles. The van der Waals surface area contributed by atoms with Gasteiger partial charge in [0.1, 0.15) is 0 Å². The lowest BCUT2D eigenvalue weighted by Gasteiger charge is -2.13. The van der Waals surface area contributed by atoms with E-state index in [4.69, 9.17) is 4.74 Å². The number of anilines is 2. The van der Waals surface area contributed by atoms with Gasteiger partial charge in [0.05, 0.1) is 22.3 Å². The molecule has 0 aliphatic heterocycles. The number of ether oxygens (including phenoxy) is 1. The summed E-state index contributed by atoms with van der Waals surface area (Å²) in [6, 6.07) is 18.9. The first-order valence-corrected chi connectivity index (χ1v) is 12.6. The second kappa shape index (κ2) is 13.2. The number of carbonyl (C=O) groups excluding carboxylic acids is 3. The van der Waals surface area contributed by atoms with Crippen molar-refractivity contribution in [3.05, 3.63) is 94.0 Å². The van der Waals surface area contributed by atoms with E-state index in [9.17, 15) is 24.5 Å². The lowest BCUT2D eigenvalue weighted by atomic mass is 10.2. The van der Waals surface area contributed by atoms with Crippen molar-refractivity contribution in [3.8, 4) is 0 Å². The van der Waals surface area contributed by atoms with Gasteiger partial charge in [-0.2, -0.15) is 0 Å². The molecule has 2 N–H and O–H groups in total. The minimum atomic E-state index is -0.528. The molecule has 1 atom stereocenters. The molecule has 37 heavy (non-hydrogen) atoms. The number of hydrogen-bond donors (Lipinski definition) is 2. The molecule has 10 heteroatoms. The monoisotopic (exact) mass is 521 g/mol. The Kier molecular flexibility index (Phi) is 9.79. The van der Waals surface area contributed by atoms with Crippen LogP contribution in [-0.2, 0) is 9.53 Å². The van der Waals surface area contributed by atoms with E-state index in [1.54, 1.807) is 49.4 Å². The molecule has 3 rings (SSSR count). The first-order valence-electron chi connectivity index (χ1n) is 11.7. The number of nitro benzene ring substituents is 1. The average molecular weight is 522 g/mol. The maximum absolute atomic E-state index is 12.7. The number of unbranched alkanes of at least 4 members (excludes halogenated alkanes) is 1. The van der Waals surface area contributed by atoms with Crippen molar-refractivity contribution in [2.24, 2.45) is 0 Å². The second-order valence-electron chi connectivity index (χ2n) is 8.10. The Labute approximate surface area is 218 Å². The molecule has 0 spiro atoms. The van der Waals surface area contributed by atoms with E-state index in [-0.39, 0.29) is 17.2 Å². The number of thioether (sulfide) groups is 1. The molecule has 0 bridgehead atoms. The summed E-state index contributed by atoms with van der Waals surface area (Å²) in [6.45, 7) is 4.16. The number of esters is 1. The number of hydrogen-bond acceptors (Lipinski definition) is 7. The number of carbonyl (C=O) groups is 3. The maximum atomic E-state index is 12.7. The van der Waals surface area contributed by atoms with E-state index < -0.39 is 22.0 Å². The third-order valence-corrected chi connectivity index (χ3v) is 6.33. The topological polar surface area (TPSA) is 128 Å². The van der Waals surface area contributed by atoms with Gasteiger partial charge in [-0.05, 0) is 67.9 Å². The molecule has 0 aliphatic carbocycles. The van der Waals surface area contributed by atoms with Gasteiger partial charge in [0.25, 0.3) is 11.6 Å². The summed E-state index contributed by atoms with van der Waals surface area (Å²) in [5, 5.41) is 15.9. The number of nitrogens with zero attached hydrogens (tertiary/aromatic N) is 1. The van der Waals surface area contributed by atoms with Gasteiger partial charge in [-0.25, -0.2) is 4.79 Å². The summed E-state index contributed by atoms with van der Waals surface area (Å²) in [4.78, 5) is 48.2. The standard InChI is InChI=1S/C27H27N3O6S/c1-3-4-16-36-27(33)20-8-12-21(13-9-20)28-25(31)18(2)37-24-7-5-6-22(17-24)29-26(32)19-10-14-23(15-11-19)30(34)35/h5-15,17-18H,3-4,16H2,1-2H3,(H,28,31)(H,29,32). The number of nitro groups is 1. The molecule has 0 saturated heterocycles. The van der Waals surface area contributed by atoms with Crippen LogP contribution < -0.4 is 10.6 Å². The molecule has 0 aromatic heterocycles. The molecule has 0 radical (unpaired) electrons. The fraction of sp³-hybridized carbons (Fsp3) is 0.222. The van der Waals surface area contributed by atoms with Gasteiger partial charge < -0.3 is 15.4 Å². The highest BCUT2D eigenvalue weighted by Crippen LogP contribution is 2.27. The summed E-state index contributed by atoms with van der Waals surface area (Å²) in [6.07, 6.45) is 1.75. The lowest BCUT2D eigenvalue weighted by molar-refractivity contribution is -0.384. The van der Waals surface area contributed by atoms with Crippen LogP contribution in [0.2, 0.25) is 0 Å². The van der Waals surface area contributed by atoms with Crippen LogP contribution in [0.3, 0.4) is 0 Å². The molecule has 192 valence electrons. The number of benzene rings is 3. The summed E-state index contributed by atoms with van der Waals surface area (Å²) in [7, 11) is 0. The van der Waals surface area contributed by atoms with Crippen molar-refractivity contribution in [3.63, 3.8) is 0 Å². The SMILES string of the molecule is CCCCOC(=O)c1ccc(NC(=O)C(C)Sc2cccc(NC(=O)c3ccc([N+](=O)[O-])cc3)c2)cc1. The van der Waals surface area contributed by atoms with Crippen LogP contribution in [0.5, 0.6) is 0 Å². The molecular formula is C27H27N3O6S. The van der Waals surface area contributed by atoms with Gasteiger partial charge in [0.15, 0.2) is 0 Å². The molecule has 9 nitrogen and oxygen atoms in total. The van der Waals surface area contributed by atoms with Crippen LogP contribution in [0, 0.1) is 10.1 Å². The molecule has 2 amide bonds. The zero-order chi connectivity index (χ0) is 26.8. The summed E-state index contributed by atoms with van der Waals surface area (Å²) in [5.74, 6) is -1.01. The molecule has 0 saturated carbocycles. The van der Waals surface area contributed by atoms with E-state index in [0.29, 0.717) is 23.5 Å². The third kappa shape index (κ3) is 8.18. The van der Waals surface area contributed by atoms with Crippen molar-refractivity contribution in [2.45, 2.75) is 36.8 Å². The Morgan fingerprint density at radius 1 is 0.946 bits per heavy atom. The molecular weight excluding hydrogens is 494 g/mol. The normalized spacial score (nSPS) is 11.3. The van der Waals surface area contributed by atoms with Crippen LogP contribution in [0.1, 0.15) is 47.4 Å². The highest BCUT2D eigenvalue weighted by atomic mass is 32.2. The Hall–Kier alpha value is -4.18. The number of non-ortho nitro benzene ring substituents is 1. The minimum Gasteiger partial charge on any atom is -0.462 e. The fourth-order valence-corrected chi connectivity index (χ4v) is 4.10. The second-order valence-corrected chi connectivity index (χ2v) is 9.52.